The molecular weight excluding hydrogens is 438 g/mol. The van der Waals surface area contributed by atoms with Crippen molar-refractivity contribution < 1.29 is 23.8 Å². The number of methoxy groups -OCH3 is 1. The zero-order valence-electron chi connectivity index (χ0n) is 15.4. The quantitative estimate of drug-likeness (QED) is 0.380. The molecule has 29 heavy (non-hydrogen) atoms. The topological polar surface area (TPSA) is 92.7 Å². The van der Waals surface area contributed by atoms with Crippen molar-refractivity contribution in [1.29, 1.82) is 5.26 Å². The van der Waals surface area contributed by atoms with Crippen molar-refractivity contribution in [3.63, 3.8) is 0 Å². The number of rotatable bonds is 7. The first-order valence-electron chi connectivity index (χ1n) is 8.50. The van der Waals surface area contributed by atoms with Crippen LogP contribution in [0.15, 0.2) is 63.5 Å². The van der Waals surface area contributed by atoms with Gasteiger partial charge in [-0.05, 0) is 53.6 Å². The fourth-order valence-corrected chi connectivity index (χ4v) is 3.01. The molecule has 3 rings (SSSR count). The van der Waals surface area contributed by atoms with Gasteiger partial charge in [0.2, 0.25) is 5.76 Å². The number of allylic oxidation sites excluding steroid dienone is 1. The number of ether oxygens (including phenoxy) is 2. The normalized spacial score (nSPS) is 11.0. The lowest BCUT2D eigenvalue weighted by Crippen LogP contribution is -1.97. The zero-order chi connectivity index (χ0) is 20.8. The summed E-state index contributed by atoms with van der Waals surface area (Å²) >= 11 is 3.41. The maximum Gasteiger partial charge on any atom is 0.371 e. The van der Waals surface area contributed by atoms with Crippen LogP contribution in [0.5, 0.6) is 11.5 Å². The molecule has 1 aromatic heterocycles. The van der Waals surface area contributed by atoms with E-state index in [1.165, 1.54) is 13.2 Å². The molecule has 0 aliphatic rings. The van der Waals surface area contributed by atoms with Gasteiger partial charge in [0, 0.05) is 4.47 Å². The molecule has 0 unspecified atom stereocenters. The van der Waals surface area contributed by atoms with Gasteiger partial charge in [0.15, 0.2) is 11.5 Å². The van der Waals surface area contributed by atoms with E-state index in [0.29, 0.717) is 22.8 Å². The van der Waals surface area contributed by atoms with Crippen LogP contribution < -0.4 is 9.47 Å². The number of nitrogens with zero attached hydrogens (tertiary/aromatic N) is 1. The van der Waals surface area contributed by atoms with Gasteiger partial charge < -0.3 is 19.0 Å². The Morgan fingerprint density at radius 3 is 2.69 bits per heavy atom. The molecule has 0 atom stereocenters. The van der Waals surface area contributed by atoms with Crippen LogP contribution in [0.1, 0.15) is 27.4 Å². The van der Waals surface area contributed by atoms with Gasteiger partial charge in [0.05, 0.1) is 18.8 Å². The summed E-state index contributed by atoms with van der Waals surface area (Å²) in [4.78, 5) is 10.9. The van der Waals surface area contributed by atoms with Crippen molar-refractivity contribution in [2.75, 3.05) is 7.11 Å². The fourth-order valence-electron chi connectivity index (χ4n) is 2.62. The molecule has 0 fully saturated rings. The number of furan rings is 1. The lowest BCUT2D eigenvalue weighted by Gasteiger charge is -2.10. The van der Waals surface area contributed by atoms with Gasteiger partial charge in [0.25, 0.3) is 0 Å². The van der Waals surface area contributed by atoms with E-state index < -0.39 is 5.97 Å². The van der Waals surface area contributed by atoms with Gasteiger partial charge in [-0.1, -0.05) is 34.1 Å². The van der Waals surface area contributed by atoms with E-state index in [2.05, 4.69) is 22.0 Å². The Balaban J connectivity index is 1.80. The summed E-state index contributed by atoms with van der Waals surface area (Å²) in [6.45, 7) is 0.0559. The minimum absolute atomic E-state index is 0.0559. The van der Waals surface area contributed by atoms with E-state index >= 15 is 0 Å². The Hall–Kier alpha value is -3.50. The van der Waals surface area contributed by atoms with E-state index in [4.69, 9.17) is 19.0 Å². The van der Waals surface area contributed by atoms with Crippen molar-refractivity contribution in [3.05, 3.63) is 81.7 Å². The number of nitriles is 1. The van der Waals surface area contributed by atoms with E-state index in [1.807, 2.05) is 24.3 Å². The Morgan fingerprint density at radius 2 is 2.03 bits per heavy atom. The van der Waals surface area contributed by atoms with Gasteiger partial charge in [-0.2, -0.15) is 5.26 Å². The molecule has 0 saturated heterocycles. The number of aromatic carboxylic acids is 1. The Kier molecular flexibility index (Phi) is 6.37. The highest BCUT2D eigenvalue weighted by Crippen LogP contribution is 2.31. The van der Waals surface area contributed by atoms with Crippen LogP contribution in [0.25, 0.3) is 11.6 Å². The third kappa shape index (κ3) is 5.06. The first kappa shape index (κ1) is 20.2. The molecular formula is C22H16BrNO5. The summed E-state index contributed by atoms with van der Waals surface area (Å²) in [7, 11) is 1.52. The number of carbonyl (C=O) groups is 1. The molecule has 0 saturated carbocycles. The smallest absolute Gasteiger partial charge is 0.371 e. The molecule has 0 amide bonds. The second-order valence-electron chi connectivity index (χ2n) is 5.95. The first-order chi connectivity index (χ1) is 14.0. The molecule has 2 aromatic carbocycles. The summed E-state index contributed by atoms with van der Waals surface area (Å²) in [6, 6.07) is 17.9. The molecule has 0 aliphatic carbocycles. The summed E-state index contributed by atoms with van der Waals surface area (Å²) in [6.07, 6.45) is 1.76. The van der Waals surface area contributed by atoms with Gasteiger partial charge in [-0.25, -0.2) is 4.79 Å². The van der Waals surface area contributed by atoms with Gasteiger partial charge in [-0.3, -0.25) is 0 Å². The maximum absolute atomic E-state index is 10.9. The SMILES string of the molecule is COc1cc(C=C(C#N)c2cccc(Br)c2)ccc1OCc1ccc(C(=O)O)o1. The van der Waals surface area contributed by atoms with Crippen LogP contribution in [0.4, 0.5) is 0 Å². The van der Waals surface area contributed by atoms with Crippen LogP contribution in [0.2, 0.25) is 0 Å². The molecule has 0 radical (unpaired) electrons. The number of benzene rings is 2. The highest BCUT2D eigenvalue weighted by molar-refractivity contribution is 9.10. The number of hydrogen-bond acceptors (Lipinski definition) is 5. The van der Waals surface area contributed by atoms with Crippen molar-refractivity contribution in [3.8, 4) is 17.6 Å². The lowest BCUT2D eigenvalue weighted by molar-refractivity contribution is 0.0658. The predicted octanol–water partition coefficient (Wildman–Crippen LogP) is 5.39. The van der Waals surface area contributed by atoms with E-state index in [-0.39, 0.29) is 12.4 Å². The second kappa shape index (κ2) is 9.13. The Morgan fingerprint density at radius 1 is 1.21 bits per heavy atom. The third-order valence-corrected chi connectivity index (χ3v) is 4.49. The van der Waals surface area contributed by atoms with E-state index in [9.17, 15) is 10.1 Å². The first-order valence-corrected chi connectivity index (χ1v) is 9.30. The number of carboxylic acids is 1. The molecule has 3 aromatic rings. The van der Waals surface area contributed by atoms with Crippen LogP contribution >= 0.6 is 15.9 Å². The van der Waals surface area contributed by atoms with Crippen LogP contribution in [-0.4, -0.2) is 18.2 Å². The molecule has 146 valence electrons. The van der Waals surface area contributed by atoms with Crippen molar-refractivity contribution in [2.24, 2.45) is 0 Å². The highest BCUT2D eigenvalue weighted by Gasteiger charge is 2.11. The average Bonchev–Trinajstić information content (AvgIpc) is 3.20. The standard InChI is InChI=1S/C22H16BrNO5/c1-27-21-10-14(9-16(12-24)15-3-2-4-17(23)11-15)5-7-19(21)28-13-18-6-8-20(29-18)22(25)26/h2-11H,13H2,1H3,(H,25,26). The summed E-state index contributed by atoms with van der Waals surface area (Å²) in [5, 5.41) is 18.4. The van der Waals surface area contributed by atoms with Crippen LogP contribution in [-0.2, 0) is 6.61 Å². The minimum Gasteiger partial charge on any atom is -0.493 e. The minimum atomic E-state index is -1.14. The molecule has 1 N–H and O–H groups in total. The van der Waals surface area contributed by atoms with E-state index in [1.54, 1.807) is 30.3 Å². The van der Waals surface area contributed by atoms with Gasteiger partial charge >= 0.3 is 5.97 Å². The average molecular weight is 454 g/mol. The molecule has 0 aliphatic heterocycles. The predicted molar refractivity (Wildman–Crippen MR) is 111 cm³/mol. The van der Waals surface area contributed by atoms with Gasteiger partial charge in [0.1, 0.15) is 12.4 Å². The molecule has 0 bridgehead atoms. The third-order valence-electron chi connectivity index (χ3n) is 4.00. The second-order valence-corrected chi connectivity index (χ2v) is 6.87. The monoisotopic (exact) mass is 453 g/mol. The largest absolute Gasteiger partial charge is 0.493 e. The maximum atomic E-state index is 10.9. The number of halogens is 1. The Labute approximate surface area is 175 Å². The number of carboxylic acid groups (broad SMARTS) is 1. The van der Waals surface area contributed by atoms with Crippen molar-refractivity contribution in [1.82, 2.24) is 0 Å². The Bertz CT molecular complexity index is 1110. The fraction of sp³-hybridized carbons (Fsp3) is 0.0909. The van der Waals surface area contributed by atoms with Crippen LogP contribution in [0.3, 0.4) is 0 Å². The van der Waals surface area contributed by atoms with E-state index in [0.717, 1.165) is 15.6 Å². The van der Waals surface area contributed by atoms with Crippen LogP contribution in [0, 0.1) is 11.3 Å². The summed E-state index contributed by atoms with van der Waals surface area (Å²) < 4.78 is 17.1. The zero-order valence-corrected chi connectivity index (χ0v) is 17.0. The number of hydrogen-bond donors (Lipinski definition) is 1. The van der Waals surface area contributed by atoms with Crippen molar-refractivity contribution >= 4 is 33.5 Å². The van der Waals surface area contributed by atoms with Gasteiger partial charge in [-0.15, -0.1) is 0 Å². The molecule has 0 spiro atoms. The molecule has 1 heterocycles. The molecule has 6 nitrogen and oxygen atoms in total. The van der Waals surface area contributed by atoms with Crippen molar-refractivity contribution in [2.45, 2.75) is 6.61 Å². The summed E-state index contributed by atoms with van der Waals surface area (Å²) in [5.41, 5.74) is 2.09. The molecule has 7 heteroatoms. The lowest BCUT2D eigenvalue weighted by atomic mass is 10.0. The summed E-state index contributed by atoms with van der Waals surface area (Å²) in [5.74, 6) is 0.0559. The highest BCUT2D eigenvalue weighted by atomic mass is 79.9.